The van der Waals surface area contributed by atoms with Crippen molar-refractivity contribution in [2.45, 2.75) is 5.75 Å². The van der Waals surface area contributed by atoms with Crippen LogP contribution in [-0.2, 0) is 15.6 Å². The molecule has 0 aliphatic heterocycles. The Labute approximate surface area is 105 Å². The Hall–Kier alpha value is -0.390. The lowest BCUT2D eigenvalue weighted by Gasteiger charge is -2.04. The second-order valence-corrected chi connectivity index (χ2v) is 7.31. The Morgan fingerprint density at radius 3 is 2.69 bits per heavy atom. The Morgan fingerprint density at radius 1 is 1.44 bits per heavy atom. The monoisotopic (exact) mass is 279 g/mol. The van der Waals surface area contributed by atoms with E-state index in [4.69, 9.17) is 17.3 Å². The number of hydrogen-bond acceptors (Lipinski definition) is 4. The van der Waals surface area contributed by atoms with Crippen molar-refractivity contribution in [3.8, 4) is 0 Å². The van der Waals surface area contributed by atoms with Crippen LogP contribution in [0.5, 0.6) is 0 Å². The SMILES string of the molecule is CS(=O)(=O)CCSCc1ccc(N)cc1Cl. The molecule has 0 aliphatic carbocycles. The number of nitrogens with two attached hydrogens (primary N) is 1. The molecule has 0 saturated carbocycles. The third-order valence-electron chi connectivity index (χ3n) is 1.93. The fourth-order valence-electron chi connectivity index (χ4n) is 1.07. The van der Waals surface area contributed by atoms with Gasteiger partial charge in [-0.1, -0.05) is 17.7 Å². The molecule has 0 bridgehead atoms. The maximum absolute atomic E-state index is 10.9. The minimum absolute atomic E-state index is 0.199. The van der Waals surface area contributed by atoms with Gasteiger partial charge in [-0.25, -0.2) is 8.42 Å². The smallest absolute Gasteiger partial charge is 0.148 e. The first kappa shape index (κ1) is 13.7. The molecule has 90 valence electrons. The van der Waals surface area contributed by atoms with Crippen LogP contribution >= 0.6 is 23.4 Å². The van der Waals surface area contributed by atoms with Crippen LogP contribution < -0.4 is 5.73 Å². The second-order valence-electron chi connectivity index (χ2n) is 3.53. The van der Waals surface area contributed by atoms with Crippen molar-refractivity contribution in [3.63, 3.8) is 0 Å². The Morgan fingerprint density at radius 2 is 2.12 bits per heavy atom. The van der Waals surface area contributed by atoms with Crippen molar-refractivity contribution < 1.29 is 8.42 Å². The zero-order chi connectivity index (χ0) is 12.2. The molecule has 3 nitrogen and oxygen atoms in total. The average molecular weight is 280 g/mol. The maximum atomic E-state index is 10.9. The summed E-state index contributed by atoms with van der Waals surface area (Å²) in [5, 5.41) is 0.631. The molecule has 0 radical (unpaired) electrons. The van der Waals surface area contributed by atoms with Crippen LogP contribution in [0.4, 0.5) is 5.69 Å². The van der Waals surface area contributed by atoms with Gasteiger partial charge in [0.15, 0.2) is 0 Å². The summed E-state index contributed by atoms with van der Waals surface area (Å²) >= 11 is 7.54. The first-order valence-corrected chi connectivity index (χ1v) is 8.27. The molecule has 0 heterocycles. The highest BCUT2D eigenvalue weighted by atomic mass is 35.5. The van der Waals surface area contributed by atoms with Crippen LogP contribution in [0.15, 0.2) is 18.2 Å². The third-order valence-corrected chi connectivity index (χ3v) is 4.50. The molecule has 6 heteroatoms. The molecule has 1 aromatic carbocycles. The number of hydrogen-bond donors (Lipinski definition) is 1. The molecule has 1 rings (SSSR count). The zero-order valence-electron chi connectivity index (χ0n) is 8.94. The molecule has 0 atom stereocenters. The summed E-state index contributed by atoms with van der Waals surface area (Å²) in [4.78, 5) is 0. The quantitative estimate of drug-likeness (QED) is 0.663. The van der Waals surface area contributed by atoms with E-state index in [2.05, 4.69) is 0 Å². The molecule has 0 aromatic heterocycles. The van der Waals surface area contributed by atoms with E-state index < -0.39 is 9.84 Å². The van der Waals surface area contributed by atoms with Crippen molar-refractivity contribution in [3.05, 3.63) is 28.8 Å². The third kappa shape index (κ3) is 5.09. The standard InChI is InChI=1S/C10H14ClNO2S2/c1-16(13,14)5-4-15-7-8-2-3-9(12)6-10(8)11/h2-3,6H,4-5,7,12H2,1H3. The minimum atomic E-state index is -2.87. The van der Waals surface area contributed by atoms with Gasteiger partial charge in [0, 0.05) is 28.5 Å². The van der Waals surface area contributed by atoms with Gasteiger partial charge in [-0.15, -0.1) is 0 Å². The van der Waals surface area contributed by atoms with Crippen molar-refractivity contribution in [1.29, 1.82) is 0 Å². The molecule has 16 heavy (non-hydrogen) atoms. The number of benzene rings is 1. The first-order valence-electron chi connectivity index (χ1n) is 4.68. The van der Waals surface area contributed by atoms with E-state index in [1.165, 1.54) is 6.26 Å². The molecule has 0 amide bonds. The van der Waals surface area contributed by atoms with Gasteiger partial charge in [0.1, 0.15) is 9.84 Å². The number of thioether (sulfide) groups is 1. The predicted octanol–water partition coefficient (Wildman–Crippen LogP) is 2.20. The molecular weight excluding hydrogens is 266 g/mol. The van der Waals surface area contributed by atoms with Crippen LogP contribution in [0.1, 0.15) is 5.56 Å². The summed E-state index contributed by atoms with van der Waals surface area (Å²) < 4.78 is 21.8. The molecule has 0 unspecified atom stereocenters. The largest absolute Gasteiger partial charge is 0.399 e. The van der Waals surface area contributed by atoms with Gasteiger partial charge in [0.05, 0.1) is 5.75 Å². The fraction of sp³-hybridized carbons (Fsp3) is 0.400. The Kier molecular flexibility index (Phi) is 4.95. The van der Waals surface area contributed by atoms with E-state index in [1.54, 1.807) is 23.9 Å². The van der Waals surface area contributed by atoms with E-state index >= 15 is 0 Å². The number of nitrogen functional groups attached to an aromatic ring is 1. The molecular formula is C10H14ClNO2S2. The number of anilines is 1. The predicted molar refractivity (Wildman–Crippen MR) is 71.7 cm³/mol. The molecule has 0 aliphatic rings. The normalized spacial score (nSPS) is 11.6. The van der Waals surface area contributed by atoms with E-state index in [9.17, 15) is 8.42 Å². The number of halogens is 1. The van der Waals surface area contributed by atoms with Gasteiger partial charge < -0.3 is 5.73 Å². The zero-order valence-corrected chi connectivity index (χ0v) is 11.3. The second kappa shape index (κ2) is 5.80. The fourth-order valence-corrected chi connectivity index (χ4v) is 3.71. The lowest BCUT2D eigenvalue weighted by molar-refractivity contribution is 0.603. The van der Waals surface area contributed by atoms with Crippen LogP contribution in [-0.4, -0.2) is 26.2 Å². The van der Waals surface area contributed by atoms with Gasteiger partial charge in [-0.05, 0) is 17.7 Å². The first-order chi connectivity index (χ1) is 7.38. The highest BCUT2D eigenvalue weighted by molar-refractivity contribution is 7.99. The highest BCUT2D eigenvalue weighted by Gasteiger charge is 2.04. The van der Waals surface area contributed by atoms with Crippen molar-refractivity contribution in [2.24, 2.45) is 0 Å². The molecule has 2 N–H and O–H groups in total. The lowest BCUT2D eigenvalue weighted by atomic mass is 10.2. The minimum Gasteiger partial charge on any atom is -0.399 e. The Bertz CT molecular complexity index is 460. The van der Waals surface area contributed by atoms with E-state index in [-0.39, 0.29) is 5.75 Å². The van der Waals surface area contributed by atoms with Crippen molar-refractivity contribution in [1.82, 2.24) is 0 Å². The van der Waals surface area contributed by atoms with Crippen LogP contribution in [0.2, 0.25) is 5.02 Å². The van der Waals surface area contributed by atoms with Crippen LogP contribution in [0.3, 0.4) is 0 Å². The van der Waals surface area contributed by atoms with Gasteiger partial charge in [-0.2, -0.15) is 11.8 Å². The van der Waals surface area contributed by atoms with Gasteiger partial charge in [0.25, 0.3) is 0 Å². The highest BCUT2D eigenvalue weighted by Crippen LogP contribution is 2.23. The Balaban J connectivity index is 2.43. The summed E-state index contributed by atoms with van der Waals surface area (Å²) in [5.41, 5.74) is 7.18. The van der Waals surface area contributed by atoms with Gasteiger partial charge >= 0.3 is 0 Å². The number of rotatable bonds is 5. The summed E-state index contributed by atoms with van der Waals surface area (Å²) in [7, 11) is -2.87. The van der Waals surface area contributed by atoms with E-state index in [0.29, 0.717) is 22.2 Å². The summed E-state index contributed by atoms with van der Waals surface area (Å²) in [6.45, 7) is 0. The van der Waals surface area contributed by atoms with E-state index in [0.717, 1.165) is 5.56 Å². The molecule has 0 fully saturated rings. The summed E-state index contributed by atoms with van der Waals surface area (Å²) in [6, 6.07) is 5.36. The number of sulfone groups is 1. The maximum Gasteiger partial charge on any atom is 0.148 e. The van der Waals surface area contributed by atoms with Crippen LogP contribution in [0, 0.1) is 0 Å². The molecule has 1 aromatic rings. The average Bonchev–Trinajstić information content (AvgIpc) is 2.13. The van der Waals surface area contributed by atoms with Crippen molar-refractivity contribution in [2.75, 3.05) is 23.5 Å². The van der Waals surface area contributed by atoms with Gasteiger partial charge in [-0.3, -0.25) is 0 Å². The molecule has 0 spiro atoms. The van der Waals surface area contributed by atoms with Crippen molar-refractivity contribution >= 4 is 38.9 Å². The van der Waals surface area contributed by atoms with Crippen LogP contribution in [0.25, 0.3) is 0 Å². The summed E-state index contributed by atoms with van der Waals surface area (Å²) in [6.07, 6.45) is 1.24. The van der Waals surface area contributed by atoms with E-state index in [1.807, 2.05) is 6.07 Å². The van der Waals surface area contributed by atoms with Gasteiger partial charge in [0.2, 0.25) is 0 Å². The lowest BCUT2D eigenvalue weighted by Crippen LogP contribution is -2.05. The topological polar surface area (TPSA) is 60.2 Å². The summed E-state index contributed by atoms with van der Waals surface area (Å²) in [5.74, 6) is 1.48. The molecule has 0 saturated heterocycles.